The summed E-state index contributed by atoms with van der Waals surface area (Å²) in [4.78, 5) is 92.4. The third-order valence-corrected chi connectivity index (χ3v) is 7.82. The van der Waals surface area contributed by atoms with Crippen molar-refractivity contribution in [1.82, 2.24) is 10.2 Å². The van der Waals surface area contributed by atoms with Gasteiger partial charge in [0.05, 0.1) is 19.4 Å². The van der Waals surface area contributed by atoms with Crippen molar-refractivity contribution in [2.75, 3.05) is 57.6 Å². The van der Waals surface area contributed by atoms with Crippen LogP contribution in [0.2, 0.25) is 0 Å². The van der Waals surface area contributed by atoms with Gasteiger partial charge in [0.15, 0.2) is 12.6 Å². The fourth-order valence-corrected chi connectivity index (χ4v) is 7.44. The fourth-order valence-electron chi connectivity index (χ4n) is 2.82. The van der Waals surface area contributed by atoms with Gasteiger partial charge < -0.3 is 58.7 Å². The second-order valence-corrected chi connectivity index (χ2v) is 15.3. The highest BCUT2D eigenvalue weighted by Crippen LogP contribution is 2.45. The summed E-state index contributed by atoms with van der Waals surface area (Å²) in [6, 6.07) is 0. The first-order valence-electron chi connectivity index (χ1n) is 8.41. The normalized spacial score (nSPS) is 14.8. The van der Waals surface area contributed by atoms with Gasteiger partial charge in [0.2, 0.25) is 0 Å². The van der Waals surface area contributed by atoms with Crippen LogP contribution in [0, 0.1) is 0 Å². The fraction of sp³-hybridized carbons (Fsp3) is 1.00. The SMILES string of the molecule is O=P(O)(O)CNCC[N+](CCN(CP(=O)(O)O)CP(=O)(O)O)(CP(=O)(O)O)CP(=O)(O)O. The zero-order valence-corrected chi connectivity index (χ0v) is 21.0. The van der Waals surface area contributed by atoms with E-state index in [1.54, 1.807) is 0 Å². The minimum absolute atomic E-state index is 0.387. The Morgan fingerprint density at radius 2 is 1.00 bits per heavy atom. The van der Waals surface area contributed by atoms with E-state index in [1.165, 1.54) is 0 Å². The lowest BCUT2D eigenvalue weighted by molar-refractivity contribution is -0.906. The van der Waals surface area contributed by atoms with Crippen LogP contribution >= 0.6 is 38.0 Å². The van der Waals surface area contributed by atoms with Crippen LogP contribution in [0.25, 0.3) is 0 Å². The Kier molecular flexibility index (Phi) is 12.3. The molecule has 0 saturated heterocycles. The molecule has 0 fully saturated rings. The summed E-state index contributed by atoms with van der Waals surface area (Å²) in [5.41, 5.74) is 0. The molecule has 194 valence electrons. The standard InChI is InChI=1S/C9H28N3O15P5/c13-28(14,15)5-10-1-3-12(8-31(22,23)24,9-32(25,26)27)4-2-11(6-29(16,17)18)7-30(19,20)21/h10H,1-9H2,(H9-,13,14,15,16,17,18,19,20,21,22,23,24,25,26,27)/p+1. The zero-order chi connectivity index (χ0) is 25.6. The van der Waals surface area contributed by atoms with Gasteiger partial charge in [-0.15, -0.1) is 0 Å². The third kappa shape index (κ3) is 19.0. The minimum atomic E-state index is -4.97. The van der Waals surface area contributed by atoms with Crippen molar-refractivity contribution in [1.29, 1.82) is 0 Å². The highest BCUT2D eigenvalue weighted by molar-refractivity contribution is 7.53. The smallest absolute Gasteiger partial charge is 0.324 e. The first-order chi connectivity index (χ1) is 13.9. The zero-order valence-electron chi connectivity index (χ0n) is 16.5. The van der Waals surface area contributed by atoms with E-state index in [9.17, 15) is 42.4 Å². The van der Waals surface area contributed by atoms with Crippen LogP contribution in [0.4, 0.5) is 0 Å². The van der Waals surface area contributed by atoms with E-state index in [-0.39, 0.29) is 6.54 Å². The maximum absolute atomic E-state index is 11.6. The van der Waals surface area contributed by atoms with Gasteiger partial charge in [-0.2, -0.15) is 0 Å². The number of rotatable bonds is 16. The Morgan fingerprint density at radius 1 is 0.594 bits per heavy atom. The van der Waals surface area contributed by atoms with Gasteiger partial charge in [0, 0.05) is 13.1 Å². The van der Waals surface area contributed by atoms with Gasteiger partial charge in [-0.1, -0.05) is 0 Å². The molecule has 0 aliphatic carbocycles. The maximum atomic E-state index is 11.6. The summed E-state index contributed by atoms with van der Waals surface area (Å²) >= 11 is 0. The summed E-state index contributed by atoms with van der Waals surface area (Å²) in [6.07, 6.45) is -5.49. The monoisotopic (exact) mass is 574 g/mol. The molecule has 32 heavy (non-hydrogen) atoms. The number of hydrogen-bond acceptors (Lipinski definition) is 7. The van der Waals surface area contributed by atoms with Crippen LogP contribution in [0.5, 0.6) is 0 Å². The van der Waals surface area contributed by atoms with Crippen LogP contribution in [0.15, 0.2) is 0 Å². The lowest BCUT2D eigenvalue weighted by Gasteiger charge is -2.40. The second kappa shape index (κ2) is 12.0. The second-order valence-electron chi connectivity index (χ2n) is 7.23. The van der Waals surface area contributed by atoms with Crippen molar-refractivity contribution in [3.05, 3.63) is 0 Å². The van der Waals surface area contributed by atoms with Crippen molar-refractivity contribution in [3.63, 3.8) is 0 Å². The molecule has 0 amide bonds. The summed E-state index contributed by atoms with van der Waals surface area (Å²) in [5.74, 6) is 0. The molecule has 0 bridgehead atoms. The lowest BCUT2D eigenvalue weighted by atomic mass is 10.4. The molecule has 0 aliphatic rings. The highest BCUT2D eigenvalue weighted by atomic mass is 31.2. The highest BCUT2D eigenvalue weighted by Gasteiger charge is 2.41. The predicted molar refractivity (Wildman–Crippen MR) is 109 cm³/mol. The molecule has 23 heteroatoms. The van der Waals surface area contributed by atoms with E-state index in [0.29, 0.717) is 4.90 Å². The van der Waals surface area contributed by atoms with Gasteiger partial charge in [-0.05, 0) is 0 Å². The minimum Gasteiger partial charge on any atom is -0.324 e. The average molecular weight is 574 g/mol. The number of nitrogens with one attached hydrogen (secondary N) is 1. The third-order valence-electron chi connectivity index (χ3n) is 3.71. The van der Waals surface area contributed by atoms with Crippen molar-refractivity contribution in [2.45, 2.75) is 0 Å². The molecule has 18 nitrogen and oxygen atoms in total. The van der Waals surface area contributed by atoms with Crippen LogP contribution in [-0.4, -0.2) is 116 Å². The molecular weight excluding hydrogens is 545 g/mol. The average Bonchev–Trinajstić information content (AvgIpc) is 2.42. The van der Waals surface area contributed by atoms with Gasteiger partial charge >= 0.3 is 38.0 Å². The summed E-state index contributed by atoms with van der Waals surface area (Å²) in [6.45, 7) is -2.17. The molecule has 0 aromatic rings. The largest absolute Gasteiger partial charge is 0.379 e. The Hall–Kier alpha value is 0.630. The molecule has 11 N–H and O–H groups in total. The molecule has 0 saturated carbocycles. The van der Waals surface area contributed by atoms with E-state index in [2.05, 4.69) is 5.32 Å². The molecule has 0 radical (unpaired) electrons. The van der Waals surface area contributed by atoms with Gasteiger partial charge in [-0.3, -0.25) is 27.7 Å². The number of nitrogens with zero attached hydrogens (tertiary/aromatic N) is 2. The Balaban J connectivity index is 5.87. The van der Waals surface area contributed by atoms with Crippen LogP contribution in [0.1, 0.15) is 0 Å². The van der Waals surface area contributed by atoms with Gasteiger partial charge in [0.1, 0.15) is 12.6 Å². The van der Waals surface area contributed by atoms with E-state index in [4.69, 9.17) is 29.4 Å². The topological polar surface area (TPSA) is 303 Å². The molecule has 0 spiro atoms. The lowest BCUT2D eigenvalue weighted by Crippen LogP contribution is -2.55. The van der Waals surface area contributed by atoms with Gasteiger partial charge in [-0.25, -0.2) is 0 Å². The molecule has 0 unspecified atom stereocenters. The summed E-state index contributed by atoms with van der Waals surface area (Å²) < 4.78 is 55.7. The van der Waals surface area contributed by atoms with Gasteiger partial charge in [0.25, 0.3) is 0 Å². The summed E-state index contributed by atoms with van der Waals surface area (Å²) in [7, 11) is -24.2. The molecule has 0 atom stereocenters. The molecule has 0 aromatic carbocycles. The quantitative estimate of drug-likeness (QED) is 0.0510. The van der Waals surface area contributed by atoms with E-state index >= 15 is 0 Å². The van der Waals surface area contributed by atoms with Crippen LogP contribution < -0.4 is 5.32 Å². The van der Waals surface area contributed by atoms with Crippen LogP contribution in [-0.2, 0) is 22.8 Å². The maximum Gasteiger partial charge on any atom is 0.379 e. The molecule has 0 rings (SSSR count). The van der Waals surface area contributed by atoms with E-state index < -0.39 is 93.5 Å². The van der Waals surface area contributed by atoms with E-state index in [1.807, 2.05) is 0 Å². The number of hydrogen-bond donors (Lipinski definition) is 11. The Labute approximate surface area is 182 Å². The first-order valence-corrected chi connectivity index (χ1v) is 17.4. The van der Waals surface area contributed by atoms with Crippen molar-refractivity contribution in [3.8, 4) is 0 Å². The van der Waals surface area contributed by atoms with Crippen molar-refractivity contribution < 1.29 is 76.2 Å². The summed E-state index contributed by atoms with van der Waals surface area (Å²) in [5, 5.41) is 2.27. The molecule has 0 heterocycles. The molecule has 0 aromatic heterocycles. The first kappa shape index (κ1) is 32.6. The van der Waals surface area contributed by atoms with Crippen molar-refractivity contribution in [2.24, 2.45) is 0 Å². The predicted octanol–water partition coefficient (Wildman–Crippen LogP) is -2.63. The number of quaternary nitrogens is 1. The van der Waals surface area contributed by atoms with Crippen molar-refractivity contribution >= 4 is 38.0 Å². The molecular formula is C9H29N3O15P5+. The van der Waals surface area contributed by atoms with Crippen LogP contribution in [0.3, 0.4) is 0 Å². The molecule has 0 aliphatic heterocycles. The Morgan fingerprint density at radius 3 is 1.31 bits per heavy atom. The van der Waals surface area contributed by atoms with E-state index in [0.717, 1.165) is 0 Å². The Bertz CT molecular complexity index is 789.